The highest BCUT2D eigenvalue weighted by Gasteiger charge is 2.26. The zero-order valence-electron chi connectivity index (χ0n) is 17.4. The zero-order chi connectivity index (χ0) is 21.5. The molecule has 7 nitrogen and oxygen atoms in total. The van der Waals surface area contributed by atoms with Crippen molar-refractivity contribution in [3.05, 3.63) is 69.5 Å². The number of rotatable bonds is 4. The summed E-state index contributed by atoms with van der Waals surface area (Å²) in [5.74, 6) is -0.404. The van der Waals surface area contributed by atoms with Crippen LogP contribution in [0, 0.1) is 6.92 Å². The summed E-state index contributed by atoms with van der Waals surface area (Å²) >= 11 is 1.52. The van der Waals surface area contributed by atoms with Gasteiger partial charge in [0, 0.05) is 11.4 Å². The normalized spacial score (nSPS) is 13.4. The summed E-state index contributed by atoms with van der Waals surface area (Å²) < 4.78 is 8.44. The summed E-state index contributed by atoms with van der Waals surface area (Å²) in [5.41, 5.74) is 3.82. The Hall–Kier alpha value is -3.26. The topological polar surface area (TPSA) is 79.0 Å². The van der Waals surface area contributed by atoms with Crippen LogP contribution in [0.25, 0.3) is 20.7 Å². The molecule has 0 N–H and O–H groups in total. The lowest BCUT2D eigenvalue weighted by molar-refractivity contribution is 0.0597. The number of ether oxygens (including phenoxy) is 1. The van der Waals surface area contributed by atoms with Crippen LogP contribution in [0.1, 0.15) is 40.2 Å². The monoisotopic (exact) mass is 434 g/mol. The Morgan fingerprint density at radius 3 is 2.81 bits per heavy atom. The molecule has 0 unspecified atom stereocenters. The van der Waals surface area contributed by atoms with E-state index in [1.165, 1.54) is 23.0 Å². The first-order valence-corrected chi connectivity index (χ1v) is 11.1. The number of thiophene rings is 1. The number of fused-ring (bicyclic) bond motifs is 2. The number of methoxy groups -OCH3 is 1. The number of hydrogen-bond acceptors (Lipinski definition) is 6. The Labute approximate surface area is 182 Å². The number of aryl methyl sites for hydroxylation is 2. The van der Waals surface area contributed by atoms with E-state index >= 15 is 0 Å². The number of nitrogens with zero attached hydrogens (tertiary/aromatic N) is 4. The van der Waals surface area contributed by atoms with Crippen LogP contribution in [0.4, 0.5) is 0 Å². The van der Waals surface area contributed by atoms with Crippen LogP contribution in [0.15, 0.2) is 41.5 Å². The van der Waals surface area contributed by atoms with Crippen LogP contribution in [0.2, 0.25) is 0 Å². The third-order valence-corrected chi connectivity index (χ3v) is 7.08. The van der Waals surface area contributed by atoms with Gasteiger partial charge in [-0.1, -0.05) is 30.3 Å². The molecule has 1 aliphatic heterocycles. The minimum Gasteiger partial charge on any atom is -0.465 e. The van der Waals surface area contributed by atoms with Crippen LogP contribution in [0.5, 0.6) is 0 Å². The molecule has 0 amide bonds. The molecule has 0 atom stereocenters. The summed E-state index contributed by atoms with van der Waals surface area (Å²) in [6.07, 6.45) is 4.37. The molecule has 0 bridgehead atoms. The Kier molecular flexibility index (Phi) is 4.94. The molecule has 31 heavy (non-hydrogen) atoms. The summed E-state index contributed by atoms with van der Waals surface area (Å²) in [6, 6.07) is 10.0. The fourth-order valence-corrected chi connectivity index (χ4v) is 5.44. The van der Waals surface area contributed by atoms with Gasteiger partial charge in [0.25, 0.3) is 5.56 Å². The van der Waals surface area contributed by atoms with Crippen LogP contribution < -0.4 is 5.56 Å². The van der Waals surface area contributed by atoms with Gasteiger partial charge in [-0.3, -0.25) is 14.0 Å². The minimum atomic E-state index is -0.404. The van der Waals surface area contributed by atoms with E-state index in [2.05, 4.69) is 10.1 Å². The second-order valence-electron chi connectivity index (χ2n) is 7.72. The Balaban J connectivity index is 1.60. The molecular formula is C23H22N4O3S. The lowest BCUT2D eigenvalue weighted by atomic mass is 10.0. The Bertz CT molecular complexity index is 1350. The van der Waals surface area contributed by atoms with Gasteiger partial charge in [0.15, 0.2) is 0 Å². The molecule has 0 aliphatic carbocycles. The first-order chi connectivity index (χ1) is 15.1. The predicted octanol–water partition coefficient (Wildman–Crippen LogP) is 3.80. The molecule has 0 saturated carbocycles. The molecule has 5 rings (SSSR count). The second kappa shape index (κ2) is 7.77. The number of carbonyl (C=O) groups is 1. The molecule has 0 fully saturated rings. The van der Waals surface area contributed by atoms with Crippen LogP contribution in [-0.2, 0) is 24.2 Å². The maximum Gasteiger partial charge on any atom is 0.341 e. The average Bonchev–Trinajstić information content (AvgIpc) is 3.33. The maximum atomic E-state index is 13.4. The van der Waals surface area contributed by atoms with Gasteiger partial charge in [0.1, 0.15) is 10.4 Å². The van der Waals surface area contributed by atoms with E-state index in [-0.39, 0.29) is 12.1 Å². The van der Waals surface area contributed by atoms with E-state index in [9.17, 15) is 9.59 Å². The van der Waals surface area contributed by atoms with E-state index in [0.29, 0.717) is 16.6 Å². The summed E-state index contributed by atoms with van der Waals surface area (Å²) in [6.45, 7) is 2.92. The highest BCUT2D eigenvalue weighted by atomic mass is 32.1. The van der Waals surface area contributed by atoms with Gasteiger partial charge >= 0.3 is 5.97 Å². The first-order valence-electron chi connectivity index (χ1n) is 10.3. The molecule has 4 heterocycles. The van der Waals surface area contributed by atoms with Crippen molar-refractivity contribution in [3.8, 4) is 10.4 Å². The number of esters is 1. The van der Waals surface area contributed by atoms with Gasteiger partial charge < -0.3 is 4.74 Å². The van der Waals surface area contributed by atoms with Crippen molar-refractivity contribution in [1.29, 1.82) is 0 Å². The summed E-state index contributed by atoms with van der Waals surface area (Å²) in [4.78, 5) is 32.2. The number of benzene rings is 1. The first kappa shape index (κ1) is 19.7. The van der Waals surface area contributed by atoms with Gasteiger partial charge in [-0.25, -0.2) is 9.78 Å². The van der Waals surface area contributed by atoms with Crippen LogP contribution in [0.3, 0.4) is 0 Å². The van der Waals surface area contributed by atoms with Crippen molar-refractivity contribution in [2.75, 3.05) is 7.11 Å². The van der Waals surface area contributed by atoms with Gasteiger partial charge in [-0.15, -0.1) is 11.3 Å². The molecule has 0 spiro atoms. The number of carbonyl (C=O) groups excluding carboxylic acids is 1. The van der Waals surface area contributed by atoms with Crippen molar-refractivity contribution in [2.45, 2.75) is 39.3 Å². The molecule has 3 aromatic heterocycles. The average molecular weight is 435 g/mol. The van der Waals surface area contributed by atoms with E-state index < -0.39 is 5.97 Å². The Morgan fingerprint density at radius 1 is 1.23 bits per heavy atom. The highest BCUT2D eigenvalue weighted by Crippen LogP contribution is 2.35. The van der Waals surface area contributed by atoms with Crippen molar-refractivity contribution in [1.82, 2.24) is 19.3 Å². The van der Waals surface area contributed by atoms with Crippen LogP contribution in [-0.4, -0.2) is 32.4 Å². The minimum absolute atomic E-state index is 0.122. The lowest BCUT2D eigenvalue weighted by Crippen LogP contribution is -2.22. The van der Waals surface area contributed by atoms with Gasteiger partial charge in [-0.05, 0) is 37.3 Å². The third-order valence-electron chi connectivity index (χ3n) is 5.83. The van der Waals surface area contributed by atoms with E-state index in [1.807, 2.05) is 41.9 Å². The fraction of sp³-hybridized carbons (Fsp3) is 0.304. The SMILES string of the molecule is COC(=O)c1c(Cn2cnc3sc(-c4ccccc4)c(C)c3c2=O)nn2c1CCCC2. The molecule has 0 radical (unpaired) electrons. The van der Waals surface area contributed by atoms with Gasteiger partial charge in [0.05, 0.1) is 36.8 Å². The highest BCUT2D eigenvalue weighted by molar-refractivity contribution is 7.22. The Morgan fingerprint density at radius 2 is 2.03 bits per heavy atom. The van der Waals surface area contributed by atoms with Gasteiger partial charge in [0.2, 0.25) is 0 Å². The van der Waals surface area contributed by atoms with E-state index in [1.54, 1.807) is 6.33 Å². The van der Waals surface area contributed by atoms with E-state index in [0.717, 1.165) is 52.3 Å². The number of hydrogen-bond donors (Lipinski definition) is 0. The van der Waals surface area contributed by atoms with Crippen LogP contribution >= 0.6 is 11.3 Å². The van der Waals surface area contributed by atoms with Gasteiger partial charge in [-0.2, -0.15) is 5.10 Å². The zero-order valence-corrected chi connectivity index (χ0v) is 18.2. The molecule has 8 heteroatoms. The van der Waals surface area contributed by atoms with Crippen molar-refractivity contribution in [3.63, 3.8) is 0 Å². The molecule has 4 aromatic rings. The van der Waals surface area contributed by atoms with Crippen molar-refractivity contribution >= 4 is 27.5 Å². The standard InChI is InChI=1S/C23H22N4O3S/c1-14-18-21(31-20(14)15-8-4-3-5-9-15)24-13-26(22(18)28)12-16-19(23(29)30-2)17-10-6-7-11-27(17)25-16/h3-5,8-9,13H,6-7,10-12H2,1-2H3. The molecule has 0 saturated heterocycles. The summed E-state index contributed by atoms with van der Waals surface area (Å²) in [7, 11) is 1.37. The quantitative estimate of drug-likeness (QED) is 0.457. The number of aromatic nitrogens is 4. The maximum absolute atomic E-state index is 13.4. The third kappa shape index (κ3) is 3.27. The lowest BCUT2D eigenvalue weighted by Gasteiger charge is -2.13. The molecule has 1 aromatic carbocycles. The smallest absolute Gasteiger partial charge is 0.341 e. The van der Waals surface area contributed by atoms with Crippen molar-refractivity contribution < 1.29 is 9.53 Å². The predicted molar refractivity (Wildman–Crippen MR) is 120 cm³/mol. The largest absolute Gasteiger partial charge is 0.465 e. The molecule has 1 aliphatic rings. The fourth-order valence-electron chi connectivity index (χ4n) is 4.29. The second-order valence-corrected chi connectivity index (χ2v) is 8.72. The van der Waals surface area contributed by atoms with E-state index in [4.69, 9.17) is 4.74 Å². The molecule has 158 valence electrons. The summed E-state index contributed by atoms with van der Waals surface area (Å²) in [5, 5.41) is 5.26. The molecular weight excluding hydrogens is 412 g/mol. The van der Waals surface area contributed by atoms with Crippen molar-refractivity contribution in [2.24, 2.45) is 0 Å².